The summed E-state index contributed by atoms with van der Waals surface area (Å²) in [6.07, 6.45) is -2.92. The molecule has 0 radical (unpaired) electrons. The SMILES string of the molecule is O=C(NCc1ccco1)c1csc(COc2cccc(C(F)(F)F)c2)n1. The zero-order valence-corrected chi connectivity index (χ0v) is 14.1. The van der Waals surface area contributed by atoms with E-state index in [0.29, 0.717) is 10.8 Å². The minimum absolute atomic E-state index is 0.0303. The van der Waals surface area contributed by atoms with Crippen LogP contribution in [-0.2, 0) is 19.3 Å². The molecule has 0 aliphatic heterocycles. The molecule has 0 spiro atoms. The van der Waals surface area contributed by atoms with Crippen molar-refractivity contribution in [1.29, 1.82) is 0 Å². The first-order valence-corrected chi connectivity index (χ1v) is 8.35. The topological polar surface area (TPSA) is 64.4 Å². The first-order chi connectivity index (χ1) is 12.4. The van der Waals surface area contributed by atoms with Crippen LogP contribution in [0.3, 0.4) is 0 Å². The minimum atomic E-state index is -4.43. The normalized spacial score (nSPS) is 11.3. The molecule has 26 heavy (non-hydrogen) atoms. The Morgan fingerprint density at radius 1 is 1.27 bits per heavy atom. The van der Waals surface area contributed by atoms with Crippen molar-refractivity contribution < 1.29 is 27.1 Å². The van der Waals surface area contributed by atoms with E-state index in [9.17, 15) is 18.0 Å². The van der Waals surface area contributed by atoms with Gasteiger partial charge in [0.15, 0.2) is 0 Å². The second-order valence-electron chi connectivity index (χ2n) is 5.20. The molecule has 1 N–H and O–H groups in total. The molecular weight excluding hydrogens is 369 g/mol. The van der Waals surface area contributed by atoms with Crippen molar-refractivity contribution in [2.24, 2.45) is 0 Å². The number of carbonyl (C=O) groups is 1. The average molecular weight is 382 g/mol. The van der Waals surface area contributed by atoms with Gasteiger partial charge < -0.3 is 14.5 Å². The third-order valence-electron chi connectivity index (χ3n) is 3.31. The monoisotopic (exact) mass is 382 g/mol. The maximum Gasteiger partial charge on any atom is 0.416 e. The molecule has 0 bridgehead atoms. The van der Waals surface area contributed by atoms with Crippen LogP contribution in [0.25, 0.3) is 0 Å². The van der Waals surface area contributed by atoms with Crippen LogP contribution < -0.4 is 10.1 Å². The number of carbonyl (C=O) groups excluding carboxylic acids is 1. The van der Waals surface area contributed by atoms with Crippen LogP contribution in [-0.4, -0.2) is 10.9 Å². The van der Waals surface area contributed by atoms with Gasteiger partial charge in [-0.25, -0.2) is 4.98 Å². The van der Waals surface area contributed by atoms with Gasteiger partial charge in [0, 0.05) is 5.38 Å². The third-order valence-corrected chi connectivity index (χ3v) is 4.13. The molecule has 9 heteroatoms. The largest absolute Gasteiger partial charge is 0.486 e. The number of hydrogen-bond acceptors (Lipinski definition) is 5. The predicted molar refractivity (Wildman–Crippen MR) is 87.8 cm³/mol. The predicted octanol–water partition coefficient (Wildman–Crippen LogP) is 4.26. The second kappa shape index (κ2) is 7.61. The summed E-state index contributed by atoms with van der Waals surface area (Å²) in [5.41, 5.74) is -0.573. The van der Waals surface area contributed by atoms with Gasteiger partial charge in [0.25, 0.3) is 5.91 Å². The van der Waals surface area contributed by atoms with E-state index in [0.717, 1.165) is 12.1 Å². The summed E-state index contributed by atoms with van der Waals surface area (Å²) in [4.78, 5) is 16.1. The molecule has 0 saturated carbocycles. The maximum atomic E-state index is 12.7. The number of thiazole rings is 1. The van der Waals surface area contributed by atoms with Gasteiger partial charge in [0.05, 0.1) is 18.4 Å². The van der Waals surface area contributed by atoms with Crippen molar-refractivity contribution in [2.45, 2.75) is 19.3 Å². The molecule has 136 valence electrons. The average Bonchev–Trinajstić information content (AvgIpc) is 3.29. The number of benzene rings is 1. The Balaban J connectivity index is 1.56. The molecule has 1 aromatic carbocycles. The highest BCUT2D eigenvalue weighted by atomic mass is 32.1. The number of halogens is 3. The van der Waals surface area contributed by atoms with Crippen LogP contribution in [0.15, 0.2) is 52.5 Å². The lowest BCUT2D eigenvalue weighted by Crippen LogP contribution is -2.22. The van der Waals surface area contributed by atoms with Crippen LogP contribution in [0.2, 0.25) is 0 Å². The Labute approximate surface area is 150 Å². The van der Waals surface area contributed by atoms with Crippen molar-refractivity contribution in [3.05, 3.63) is 70.1 Å². The summed E-state index contributed by atoms with van der Waals surface area (Å²) in [7, 11) is 0. The van der Waals surface area contributed by atoms with Gasteiger partial charge >= 0.3 is 6.18 Å². The maximum absolute atomic E-state index is 12.7. The highest BCUT2D eigenvalue weighted by Crippen LogP contribution is 2.31. The zero-order valence-electron chi connectivity index (χ0n) is 13.2. The van der Waals surface area contributed by atoms with Crippen LogP contribution in [0.4, 0.5) is 13.2 Å². The Kier molecular flexibility index (Phi) is 5.27. The minimum Gasteiger partial charge on any atom is -0.486 e. The summed E-state index contributed by atoms with van der Waals surface area (Å²) in [5, 5.41) is 4.69. The fourth-order valence-corrected chi connectivity index (χ4v) is 2.75. The third kappa shape index (κ3) is 4.63. The Morgan fingerprint density at radius 3 is 2.85 bits per heavy atom. The van der Waals surface area contributed by atoms with Crippen molar-refractivity contribution in [3.63, 3.8) is 0 Å². The van der Waals surface area contributed by atoms with Gasteiger partial charge in [0.1, 0.15) is 28.8 Å². The van der Waals surface area contributed by atoms with Crippen molar-refractivity contribution in [3.8, 4) is 5.75 Å². The fraction of sp³-hybridized carbons (Fsp3) is 0.176. The van der Waals surface area contributed by atoms with E-state index < -0.39 is 11.7 Å². The molecule has 0 aliphatic carbocycles. The molecule has 3 aromatic rings. The Hall–Kier alpha value is -2.81. The van der Waals surface area contributed by atoms with Crippen LogP contribution in [0.5, 0.6) is 5.75 Å². The molecule has 1 amide bonds. The van der Waals surface area contributed by atoms with E-state index in [1.54, 1.807) is 17.5 Å². The Morgan fingerprint density at radius 2 is 2.12 bits per heavy atom. The molecule has 2 aromatic heterocycles. The highest BCUT2D eigenvalue weighted by molar-refractivity contribution is 7.09. The quantitative estimate of drug-likeness (QED) is 0.692. The molecule has 0 unspecified atom stereocenters. The molecule has 0 fully saturated rings. The molecule has 0 aliphatic rings. The zero-order chi connectivity index (χ0) is 18.6. The van der Waals surface area contributed by atoms with Crippen LogP contribution >= 0.6 is 11.3 Å². The van der Waals surface area contributed by atoms with Gasteiger partial charge in [-0.3, -0.25) is 4.79 Å². The summed E-state index contributed by atoms with van der Waals surface area (Å²) in [6.45, 7) is 0.205. The van der Waals surface area contributed by atoms with Gasteiger partial charge in [-0.2, -0.15) is 13.2 Å². The van der Waals surface area contributed by atoms with Gasteiger partial charge in [-0.1, -0.05) is 6.07 Å². The van der Waals surface area contributed by atoms with Crippen LogP contribution in [0.1, 0.15) is 26.8 Å². The number of rotatable bonds is 6. The number of ether oxygens (including phenoxy) is 1. The van der Waals surface area contributed by atoms with Gasteiger partial charge in [-0.05, 0) is 30.3 Å². The van der Waals surface area contributed by atoms with Crippen molar-refractivity contribution >= 4 is 17.2 Å². The number of hydrogen-bond donors (Lipinski definition) is 1. The highest BCUT2D eigenvalue weighted by Gasteiger charge is 2.30. The number of furan rings is 1. The fourth-order valence-electron chi connectivity index (χ4n) is 2.06. The van der Waals surface area contributed by atoms with Gasteiger partial charge in [0.2, 0.25) is 0 Å². The molecule has 0 saturated heterocycles. The van der Waals surface area contributed by atoms with E-state index in [4.69, 9.17) is 9.15 Å². The smallest absolute Gasteiger partial charge is 0.416 e. The lowest BCUT2D eigenvalue weighted by atomic mass is 10.2. The molecule has 5 nitrogen and oxygen atoms in total. The second-order valence-corrected chi connectivity index (χ2v) is 6.15. The van der Waals surface area contributed by atoms with E-state index in [1.165, 1.54) is 29.7 Å². The van der Waals surface area contributed by atoms with E-state index in [1.807, 2.05) is 0 Å². The summed E-state index contributed by atoms with van der Waals surface area (Å²) < 4.78 is 48.5. The van der Waals surface area contributed by atoms with Gasteiger partial charge in [-0.15, -0.1) is 11.3 Å². The standard InChI is InChI=1S/C17H13F3N2O3S/c18-17(19,20)11-3-1-4-12(7-11)25-9-15-22-14(10-26-15)16(23)21-8-13-5-2-6-24-13/h1-7,10H,8-9H2,(H,21,23). The van der Waals surface area contributed by atoms with Crippen LogP contribution in [0, 0.1) is 0 Å². The van der Waals surface area contributed by atoms with E-state index in [-0.39, 0.29) is 30.5 Å². The summed E-state index contributed by atoms with van der Waals surface area (Å²) in [6, 6.07) is 8.04. The molecule has 3 rings (SSSR count). The number of amides is 1. The molecular formula is C17H13F3N2O3S. The lowest BCUT2D eigenvalue weighted by Gasteiger charge is -2.09. The summed E-state index contributed by atoms with van der Waals surface area (Å²) in [5.74, 6) is 0.323. The summed E-state index contributed by atoms with van der Waals surface area (Å²) >= 11 is 1.19. The molecule has 0 atom stereocenters. The number of alkyl halides is 3. The lowest BCUT2D eigenvalue weighted by molar-refractivity contribution is -0.137. The van der Waals surface area contributed by atoms with Crippen molar-refractivity contribution in [2.75, 3.05) is 0 Å². The Bertz CT molecular complexity index is 876. The van der Waals surface area contributed by atoms with Crippen molar-refractivity contribution in [1.82, 2.24) is 10.3 Å². The first-order valence-electron chi connectivity index (χ1n) is 7.47. The van der Waals surface area contributed by atoms with E-state index >= 15 is 0 Å². The number of aromatic nitrogens is 1. The first kappa shape index (κ1) is 18.0. The van der Waals surface area contributed by atoms with E-state index in [2.05, 4.69) is 10.3 Å². The molecule has 2 heterocycles. The number of nitrogens with one attached hydrogen (secondary N) is 1. The number of nitrogens with zero attached hydrogens (tertiary/aromatic N) is 1.